The predicted molar refractivity (Wildman–Crippen MR) is 78.1 cm³/mol. The molecule has 0 saturated heterocycles. The summed E-state index contributed by atoms with van der Waals surface area (Å²) in [6.07, 6.45) is 6.64. The monoisotopic (exact) mass is 269 g/mol. The summed E-state index contributed by atoms with van der Waals surface area (Å²) in [6, 6.07) is 0. The molecule has 0 unspecified atom stereocenters. The van der Waals surface area contributed by atoms with Crippen molar-refractivity contribution in [3.05, 3.63) is 0 Å². The van der Waals surface area contributed by atoms with E-state index in [0.29, 0.717) is 13.2 Å². The zero-order valence-corrected chi connectivity index (χ0v) is 12.8. The van der Waals surface area contributed by atoms with Gasteiger partial charge in [0.2, 0.25) is 0 Å². The summed E-state index contributed by atoms with van der Waals surface area (Å²) in [4.78, 5) is 0. The van der Waals surface area contributed by atoms with E-state index in [0.717, 1.165) is 24.4 Å². The Bertz CT molecular complexity index is 274. The largest absolute Gasteiger partial charge is 0.389 e. The third-order valence-electron chi connectivity index (χ3n) is 4.70. The highest BCUT2D eigenvalue weighted by Crippen LogP contribution is 2.49. The van der Waals surface area contributed by atoms with Crippen molar-refractivity contribution in [2.24, 2.45) is 17.8 Å². The van der Waals surface area contributed by atoms with E-state index in [4.69, 9.17) is 4.74 Å². The lowest BCUT2D eigenvalue weighted by molar-refractivity contribution is 0.0265. The molecule has 0 aromatic carbocycles. The van der Waals surface area contributed by atoms with Gasteiger partial charge in [0.05, 0.1) is 12.7 Å². The minimum Gasteiger partial charge on any atom is -0.389 e. The SMILES string of the molecule is CC(C)(C)NC[C@H](O)COCC[C@@H]1C[C@H]2CC[C@H]1C2. The first kappa shape index (κ1) is 15.3. The predicted octanol–water partition coefficient (Wildman–Crippen LogP) is 2.58. The van der Waals surface area contributed by atoms with E-state index in [1.165, 1.54) is 32.1 Å². The Morgan fingerprint density at radius 3 is 2.63 bits per heavy atom. The Morgan fingerprint density at radius 2 is 2.05 bits per heavy atom. The van der Waals surface area contributed by atoms with Crippen LogP contribution in [0.2, 0.25) is 0 Å². The molecular weight excluding hydrogens is 238 g/mol. The molecule has 2 bridgehead atoms. The third-order valence-corrected chi connectivity index (χ3v) is 4.70. The van der Waals surface area contributed by atoms with Crippen LogP contribution in [0.5, 0.6) is 0 Å². The van der Waals surface area contributed by atoms with Gasteiger partial charge in [0, 0.05) is 18.7 Å². The first-order valence-corrected chi connectivity index (χ1v) is 7.95. The highest BCUT2D eigenvalue weighted by atomic mass is 16.5. The number of hydrogen-bond donors (Lipinski definition) is 2. The number of ether oxygens (including phenoxy) is 1. The molecule has 0 radical (unpaired) electrons. The molecule has 112 valence electrons. The van der Waals surface area contributed by atoms with Crippen LogP contribution in [0.25, 0.3) is 0 Å². The lowest BCUT2D eigenvalue weighted by Crippen LogP contribution is -2.42. The maximum Gasteiger partial charge on any atom is 0.0897 e. The number of nitrogens with one attached hydrogen (secondary N) is 1. The van der Waals surface area contributed by atoms with Gasteiger partial charge in [-0.25, -0.2) is 0 Å². The van der Waals surface area contributed by atoms with Gasteiger partial charge < -0.3 is 15.2 Å². The van der Waals surface area contributed by atoms with Gasteiger partial charge in [0.15, 0.2) is 0 Å². The number of β-amino-alcohol motifs (C(OH)–C–C–N with tert-alkyl or cyclic N) is 1. The van der Waals surface area contributed by atoms with Crippen LogP contribution in [0.4, 0.5) is 0 Å². The third kappa shape index (κ3) is 5.05. The minimum atomic E-state index is -0.390. The Labute approximate surface area is 118 Å². The minimum absolute atomic E-state index is 0.0596. The molecule has 0 amide bonds. The fourth-order valence-corrected chi connectivity index (χ4v) is 3.67. The quantitative estimate of drug-likeness (QED) is 0.698. The molecule has 4 atom stereocenters. The Balaban J connectivity index is 1.50. The topological polar surface area (TPSA) is 41.5 Å². The molecule has 19 heavy (non-hydrogen) atoms. The molecular formula is C16H31NO2. The summed E-state index contributed by atoms with van der Waals surface area (Å²) in [5, 5.41) is 13.1. The van der Waals surface area contributed by atoms with Crippen molar-refractivity contribution in [2.75, 3.05) is 19.8 Å². The molecule has 0 aliphatic heterocycles. The Morgan fingerprint density at radius 1 is 1.26 bits per heavy atom. The molecule has 2 N–H and O–H groups in total. The molecule has 0 aromatic heterocycles. The zero-order valence-electron chi connectivity index (χ0n) is 12.8. The average molecular weight is 269 g/mol. The van der Waals surface area contributed by atoms with Gasteiger partial charge in [-0.2, -0.15) is 0 Å². The van der Waals surface area contributed by atoms with Crippen LogP contribution < -0.4 is 5.32 Å². The molecule has 2 aliphatic rings. The number of fused-ring (bicyclic) bond motifs is 2. The van der Waals surface area contributed by atoms with Crippen molar-refractivity contribution < 1.29 is 9.84 Å². The van der Waals surface area contributed by atoms with Crippen LogP contribution in [0.1, 0.15) is 52.9 Å². The molecule has 0 heterocycles. The highest BCUT2D eigenvalue weighted by molar-refractivity contribution is 4.89. The maximum atomic E-state index is 9.82. The van der Waals surface area contributed by atoms with Gasteiger partial charge in [0.1, 0.15) is 0 Å². The highest BCUT2D eigenvalue weighted by Gasteiger charge is 2.38. The summed E-state index contributed by atoms with van der Waals surface area (Å²) in [7, 11) is 0. The van der Waals surface area contributed by atoms with E-state index in [1.807, 2.05) is 0 Å². The van der Waals surface area contributed by atoms with Gasteiger partial charge >= 0.3 is 0 Å². The molecule has 0 aromatic rings. The molecule has 0 spiro atoms. The van der Waals surface area contributed by atoms with Crippen LogP contribution in [-0.2, 0) is 4.74 Å². The fraction of sp³-hybridized carbons (Fsp3) is 1.00. The van der Waals surface area contributed by atoms with Crippen molar-refractivity contribution in [2.45, 2.75) is 64.5 Å². The summed E-state index contributed by atoms with van der Waals surface area (Å²) in [6.45, 7) is 8.21. The Kier molecular flexibility index (Phi) is 5.27. The van der Waals surface area contributed by atoms with Crippen molar-refractivity contribution in [1.82, 2.24) is 5.32 Å². The number of aliphatic hydroxyl groups is 1. The van der Waals surface area contributed by atoms with Crippen LogP contribution in [0, 0.1) is 17.8 Å². The summed E-state index contributed by atoms with van der Waals surface area (Å²) in [5.41, 5.74) is 0.0596. The second-order valence-electron chi connectivity index (χ2n) is 7.58. The lowest BCUT2D eigenvalue weighted by Gasteiger charge is -2.23. The van der Waals surface area contributed by atoms with Crippen LogP contribution in [0.15, 0.2) is 0 Å². The van der Waals surface area contributed by atoms with Crippen LogP contribution in [0.3, 0.4) is 0 Å². The number of aliphatic hydroxyl groups excluding tert-OH is 1. The van der Waals surface area contributed by atoms with E-state index in [1.54, 1.807) is 0 Å². The zero-order chi connectivity index (χ0) is 13.9. The molecule has 2 rings (SSSR count). The van der Waals surface area contributed by atoms with E-state index in [9.17, 15) is 5.11 Å². The normalized spacial score (nSPS) is 31.9. The molecule has 2 saturated carbocycles. The van der Waals surface area contributed by atoms with Gasteiger partial charge in [0.25, 0.3) is 0 Å². The Hall–Kier alpha value is -0.120. The second-order valence-corrected chi connectivity index (χ2v) is 7.58. The van der Waals surface area contributed by atoms with Crippen LogP contribution >= 0.6 is 0 Å². The van der Waals surface area contributed by atoms with E-state index in [2.05, 4.69) is 26.1 Å². The van der Waals surface area contributed by atoms with E-state index < -0.39 is 0 Å². The lowest BCUT2D eigenvalue weighted by atomic mass is 9.87. The van der Waals surface area contributed by atoms with Gasteiger partial charge in [-0.15, -0.1) is 0 Å². The second kappa shape index (κ2) is 6.55. The summed E-state index contributed by atoms with van der Waals surface area (Å²) >= 11 is 0. The molecule has 2 aliphatic carbocycles. The maximum absolute atomic E-state index is 9.82. The number of rotatable bonds is 7. The first-order valence-electron chi connectivity index (χ1n) is 7.95. The van der Waals surface area contributed by atoms with E-state index >= 15 is 0 Å². The molecule has 3 heteroatoms. The van der Waals surface area contributed by atoms with Crippen molar-refractivity contribution in [3.8, 4) is 0 Å². The molecule has 2 fully saturated rings. The smallest absolute Gasteiger partial charge is 0.0897 e. The van der Waals surface area contributed by atoms with Crippen molar-refractivity contribution in [1.29, 1.82) is 0 Å². The summed E-state index contributed by atoms with van der Waals surface area (Å²) < 4.78 is 5.64. The number of hydrogen-bond acceptors (Lipinski definition) is 3. The summed E-state index contributed by atoms with van der Waals surface area (Å²) in [5.74, 6) is 2.92. The van der Waals surface area contributed by atoms with Crippen molar-refractivity contribution in [3.63, 3.8) is 0 Å². The van der Waals surface area contributed by atoms with Crippen molar-refractivity contribution >= 4 is 0 Å². The standard InChI is InChI=1S/C16H31NO2/c1-16(2,3)17-10-15(18)11-19-7-6-14-9-12-4-5-13(14)8-12/h12-15,17-18H,4-11H2,1-3H3/t12-,13-,14+,15-/m0/s1. The fourth-order valence-electron chi connectivity index (χ4n) is 3.67. The van der Waals surface area contributed by atoms with Crippen LogP contribution in [-0.4, -0.2) is 36.5 Å². The van der Waals surface area contributed by atoms with Gasteiger partial charge in [-0.1, -0.05) is 6.42 Å². The molecule has 3 nitrogen and oxygen atoms in total. The van der Waals surface area contributed by atoms with E-state index in [-0.39, 0.29) is 11.6 Å². The average Bonchev–Trinajstić information content (AvgIpc) is 2.93. The van der Waals surface area contributed by atoms with Gasteiger partial charge in [-0.05, 0) is 64.2 Å². The van der Waals surface area contributed by atoms with Gasteiger partial charge in [-0.3, -0.25) is 0 Å². The first-order chi connectivity index (χ1) is 8.94.